The van der Waals surface area contributed by atoms with Crippen LogP contribution in [0.25, 0.3) is 6.08 Å². The minimum Gasteiger partial charge on any atom is -0.458 e. The highest BCUT2D eigenvalue weighted by molar-refractivity contribution is 5.94. The Labute approximate surface area is 350 Å². The van der Waals surface area contributed by atoms with Crippen LogP contribution < -0.4 is 10.6 Å². The molecule has 1 unspecified atom stereocenters. The van der Waals surface area contributed by atoms with E-state index in [-0.39, 0.29) is 56.5 Å². The Bertz CT molecular complexity index is 1740. The molecule has 2 amide bonds. The van der Waals surface area contributed by atoms with Gasteiger partial charge in [-0.2, -0.15) is 5.06 Å². The maximum Gasteiger partial charge on any atom is 0.327 e. The molecule has 12 heteroatoms. The molecule has 1 aromatic carbocycles. The van der Waals surface area contributed by atoms with Gasteiger partial charge in [0.15, 0.2) is 11.8 Å². The zero-order chi connectivity index (χ0) is 41.6. The number of nitrogens with one attached hydrogen (secondary N) is 2. The van der Waals surface area contributed by atoms with E-state index in [1.54, 1.807) is 5.06 Å². The maximum atomic E-state index is 14.7. The molecule has 2 bridgehead atoms. The molecule has 0 spiro atoms. The lowest BCUT2D eigenvalue weighted by atomic mass is 9.52. The van der Waals surface area contributed by atoms with Gasteiger partial charge in [-0.1, -0.05) is 89.3 Å². The van der Waals surface area contributed by atoms with Gasteiger partial charge in [-0.25, -0.2) is 0 Å². The molecule has 3 saturated carbocycles. The number of carbonyl (C=O) groups is 3. The number of esters is 1. The molecule has 7 fully saturated rings. The SMILES string of the molecule is CCCCCC1(CCCCC)O[C@@H]2[C@H](O1)[C@H]1ON(Cc3cccc(C=C4CCC5O[C@]5(C)CC[C@@H]5[C@@H]4CC5(C)C)c3)[C@@H]3C(=O)O[C@@H]2C[C@]13C(=O)NCCC(=O)NCCO. The van der Waals surface area contributed by atoms with Crippen molar-refractivity contribution in [2.24, 2.45) is 22.7 Å². The average molecular weight is 820 g/mol. The molecule has 7 aliphatic rings. The summed E-state index contributed by atoms with van der Waals surface area (Å²) in [6.45, 7) is 11.8. The number of unbranched alkanes of at least 4 members (excludes halogenated alkanes) is 4. The average Bonchev–Trinajstić information content (AvgIpc) is 3.48. The van der Waals surface area contributed by atoms with Crippen LogP contribution in [0.4, 0.5) is 0 Å². The standard InChI is InChI=1S/C47H69N3O9/c1-6-8-10-19-46(20-11-9-7-2)57-38-35-28-47(43(54)49-22-18-37(52)48-23-24-51)40(42(53)55-35)50(59-41(47)39(38)58-46)29-31-14-12-13-30(25-31)26-32-15-16-36-45(5,56-36)21-17-34-33(32)27-44(34,3)4/h12-14,25-26,33-36,38-41,51H,6-11,15-24,27-29H2,1-5H3,(H,48,52)(H,49,54)/t33-,34-,35-,36?,38+,39+,40-,41-,45-,47-/m1/s1. The summed E-state index contributed by atoms with van der Waals surface area (Å²) >= 11 is 0. The van der Waals surface area contributed by atoms with Crippen LogP contribution in [0, 0.1) is 22.7 Å². The van der Waals surface area contributed by atoms with Crippen molar-refractivity contribution in [1.82, 2.24) is 15.7 Å². The van der Waals surface area contributed by atoms with Gasteiger partial charge in [0.2, 0.25) is 11.8 Å². The van der Waals surface area contributed by atoms with Crippen molar-refractivity contribution in [3.8, 4) is 0 Å². The molecular formula is C47H69N3O9. The van der Waals surface area contributed by atoms with E-state index in [0.29, 0.717) is 36.2 Å². The van der Waals surface area contributed by atoms with Crippen molar-refractivity contribution in [3.63, 3.8) is 0 Å². The molecule has 4 heterocycles. The van der Waals surface area contributed by atoms with Crippen LogP contribution in [0.3, 0.4) is 0 Å². The number of hydrogen-bond donors (Lipinski definition) is 3. The summed E-state index contributed by atoms with van der Waals surface area (Å²) in [6, 6.07) is 7.43. The second-order valence-electron chi connectivity index (χ2n) is 19.7. The number of carbonyl (C=O) groups excluding carboxylic acids is 3. The van der Waals surface area contributed by atoms with Crippen LogP contribution in [0.1, 0.15) is 142 Å². The zero-order valence-electron chi connectivity index (χ0n) is 36.1. The van der Waals surface area contributed by atoms with E-state index in [0.717, 1.165) is 68.9 Å². The van der Waals surface area contributed by atoms with Crippen LogP contribution in [-0.4, -0.2) is 95.6 Å². The molecule has 4 aliphatic heterocycles. The second kappa shape index (κ2) is 17.1. The third kappa shape index (κ3) is 8.28. The van der Waals surface area contributed by atoms with Gasteiger partial charge < -0.3 is 34.7 Å². The first kappa shape index (κ1) is 42.8. The van der Waals surface area contributed by atoms with Crippen molar-refractivity contribution in [1.29, 1.82) is 0 Å². The number of hydrogen-bond acceptors (Lipinski definition) is 10. The van der Waals surface area contributed by atoms with Crippen molar-refractivity contribution in [3.05, 3.63) is 41.0 Å². The van der Waals surface area contributed by atoms with Gasteiger partial charge in [-0.15, -0.1) is 0 Å². The van der Waals surface area contributed by atoms with Crippen molar-refractivity contribution >= 4 is 23.9 Å². The van der Waals surface area contributed by atoms with E-state index in [1.165, 1.54) is 18.4 Å². The molecule has 8 rings (SSSR count). The normalized spacial score (nSPS) is 36.8. The van der Waals surface area contributed by atoms with Gasteiger partial charge >= 0.3 is 5.97 Å². The van der Waals surface area contributed by atoms with Gasteiger partial charge in [-0.3, -0.25) is 19.2 Å². The predicted octanol–water partition coefficient (Wildman–Crippen LogP) is 6.52. The molecule has 1 aromatic rings. The minimum absolute atomic E-state index is 0.0310. The number of nitrogens with zero attached hydrogens (tertiary/aromatic N) is 1. The zero-order valence-corrected chi connectivity index (χ0v) is 36.1. The van der Waals surface area contributed by atoms with E-state index in [4.69, 9.17) is 28.9 Å². The van der Waals surface area contributed by atoms with Gasteiger partial charge in [0.05, 0.1) is 24.9 Å². The fraction of sp³-hybridized carbons (Fsp3) is 0.766. The number of ether oxygens (including phenoxy) is 4. The third-order valence-electron chi connectivity index (χ3n) is 15.1. The molecule has 10 atom stereocenters. The lowest BCUT2D eigenvalue weighted by Crippen LogP contribution is -2.69. The van der Waals surface area contributed by atoms with Gasteiger partial charge in [-0.05, 0) is 80.2 Å². The fourth-order valence-electron chi connectivity index (χ4n) is 11.8. The molecule has 326 valence electrons. The Kier molecular flexibility index (Phi) is 12.4. The third-order valence-corrected chi connectivity index (χ3v) is 15.1. The number of aliphatic hydroxyl groups is 1. The number of benzene rings is 1. The Balaban J connectivity index is 1.07. The minimum atomic E-state index is -1.32. The van der Waals surface area contributed by atoms with Crippen LogP contribution in [0.5, 0.6) is 0 Å². The Morgan fingerprint density at radius 1 is 0.949 bits per heavy atom. The Hall–Kier alpha value is -2.87. The number of rotatable bonds is 17. The first-order valence-corrected chi connectivity index (χ1v) is 23.0. The molecule has 4 saturated heterocycles. The summed E-state index contributed by atoms with van der Waals surface area (Å²) in [6.07, 6.45) is 13.4. The van der Waals surface area contributed by atoms with Crippen LogP contribution in [0.2, 0.25) is 0 Å². The van der Waals surface area contributed by atoms with E-state index < -0.39 is 47.6 Å². The Morgan fingerprint density at radius 3 is 2.44 bits per heavy atom. The highest BCUT2D eigenvalue weighted by Crippen LogP contribution is 2.61. The number of amides is 2. The molecule has 59 heavy (non-hydrogen) atoms. The molecule has 0 aromatic heterocycles. The second-order valence-corrected chi connectivity index (χ2v) is 19.7. The van der Waals surface area contributed by atoms with Crippen molar-refractivity contribution in [2.45, 2.75) is 185 Å². The first-order chi connectivity index (χ1) is 28.3. The number of allylic oxidation sites excluding steroid dienone is 1. The van der Waals surface area contributed by atoms with E-state index in [2.05, 4.69) is 75.6 Å². The highest BCUT2D eigenvalue weighted by atomic mass is 16.8. The van der Waals surface area contributed by atoms with E-state index in [9.17, 15) is 14.4 Å². The summed E-state index contributed by atoms with van der Waals surface area (Å²) in [5, 5.41) is 16.5. The monoisotopic (exact) mass is 820 g/mol. The largest absolute Gasteiger partial charge is 0.458 e. The summed E-state index contributed by atoms with van der Waals surface area (Å²) < 4.78 is 26.4. The fourth-order valence-corrected chi connectivity index (χ4v) is 11.8. The highest BCUT2D eigenvalue weighted by Gasteiger charge is 2.76. The topological polar surface area (TPSA) is 148 Å². The lowest BCUT2D eigenvalue weighted by Gasteiger charge is -2.53. The first-order valence-electron chi connectivity index (χ1n) is 23.0. The molecule has 3 aliphatic carbocycles. The van der Waals surface area contributed by atoms with Crippen LogP contribution in [0.15, 0.2) is 29.8 Å². The molecule has 3 N–H and O–H groups in total. The number of aliphatic hydroxyl groups excluding tert-OH is 1. The van der Waals surface area contributed by atoms with Crippen LogP contribution >= 0.6 is 0 Å². The molecular weight excluding hydrogens is 751 g/mol. The van der Waals surface area contributed by atoms with E-state index >= 15 is 0 Å². The summed E-state index contributed by atoms with van der Waals surface area (Å²) in [4.78, 5) is 48.3. The van der Waals surface area contributed by atoms with Gasteiger partial charge in [0.1, 0.15) is 29.8 Å². The molecule has 0 radical (unpaired) electrons. The van der Waals surface area contributed by atoms with E-state index in [1.807, 2.05) is 0 Å². The maximum absolute atomic E-state index is 14.7. The predicted molar refractivity (Wildman–Crippen MR) is 221 cm³/mol. The van der Waals surface area contributed by atoms with Crippen molar-refractivity contribution in [2.75, 3.05) is 19.7 Å². The Morgan fingerprint density at radius 2 is 1.71 bits per heavy atom. The summed E-state index contributed by atoms with van der Waals surface area (Å²) in [5.74, 6) is -0.779. The lowest BCUT2D eigenvalue weighted by molar-refractivity contribution is -0.224. The van der Waals surface area contributed by atoms with Gasteiger partial charge in [0.25, 0.3) is 0 Å². The number of fused-ring (bicyclic) bond motifs is 6. The number of epoxide rings is 1. The van der Waals surface area contributed by atoms with Crippen LogP contribution in [-0.2, 0) is 44.7 Å². The summed E-state index contributed by atoms with van der Waals surface area (Å²) in [7, 11) is 0. The quantitative estimate of drug-likeness (QED) is 0.0902. The molecule has 12 nitrogen and oxygen atoms in total. The summed E-state index contributed by atoms with van der Waals surface area (Å²) in [5.41, 5.74) is 2.61. The van der Waals surface area contributed by atoms with Gasteiger partial charge in [0, 0.05) is 38.8 Å². The van der Waals surface area contributed by atoms with Crippen molar-refractivity contribution < 1.29 is 43.3 Å². The number of hydroxylamine groups is 2. The smallest absolute Gasteiger partial charge is 0.327 e.